The van der Waals surface area contributed by atoms with Crippen molar-refractivity contribution in [2.45, 2.75) is 129 Å². The van der Waals surface area contributed by atoms with E-state index in [4.69, 9.17) is 99.5 Å². The molecule has 0 aromatic heterocycles. The van der Waals surface area contributed by atoms with Gasteiger partial charge in [-0.15, -0.1) is 0 Å². The zero-order valence-corrected chi connectivity index (χ0v) is 58.3. The van der Waals surface area contributed by atoms with E-state index in [0.717, 1.165) is 24.6 Å². The topological polar surface area (TPSA) is 265 Å². The van der Waals surface area contributed by atoms with Crippen molar-refractivity contribution in [1.29, 1.82) is 0 Å². The van der Waals surface area contributed by atoms with Crippen molar-refractivity contribution >= 4 is 40.4 Å². The van der Waals surface area contributed by atoms with E-state index in [0.29, 0.717) is 158 Å². The molecule has 537 valence electrons. The predicted molar refractivity (Wildman–Crippen MR) is 350 cm³/mol. The number of benzene rings is 2. The van der Waals surface area contributed by atoms with Gasteiger partial charge in [-0.05, 0) is 25.0 Å². The van der Waals surface area contributed by atoms with Crippen molar-refractivity contribution in [1.82, 2.24) is 4.90 Å². The Morgan fingerprint density at radius 3 is 1.51 bits per heavy atom. The molecule has 1 amide bonds. The maximum absolute atomic E-state index is 13.7. The molecule has 5 rings (SSSR count). The molecule has 29 heteroatoms. The van der Waals surface area contributed by atoms with Crippen molar-refractivity contribution in [3.63, 3.8) is 0 Å². The number of carbonyl (C=O) groups is 3. The molecule has 2 aromatic rings. The number of carbonyl (C=O) groups excluding carboxylic acids is 3. The summed E-state index contributed by atoms with van der Waals surface area (Å²) in [6, 6.07) is 19.4. The van der Waals surface area contributed by atoms with Crippen molar-refractivity contribution < 1.29 is 119 Å². The first-order chi connectivity index (χ1) is 46.2. The Kier molecular flexibility index (Phi) is 42.2. The van der Waals surface area contributed by atoms with Crippen LogP contribution in [-0.2, 0) is 127 Å². The van der Waals surface area contributed by atoms with Gasteiger partial charge in [-0.1, -0.05) is 60.7 Å². The summed E-state index contributed by atoms with van der Waals surface area (Å²) in [5.41, 5.74) is 1.85. The molecule has 0 spiro atoms. The Balaban J connectivity index is 0.785. The average molecular weight is 1370 g/mol. The van der Waals surface area contributed by atoms with Gasteiger partial charge in [0.15, 0.2) is 0 Å². The first-order valence-electron chi connectivity index (χ1n) is 33.4. The molecule has 3 heterocycles. The molecule has 1 radical (unpaired) electrons. The predicted octanol–water partition coefficient (Wildman–Crippen LogP) is 5.84. The molecule has 0 bridgehead atoms. The van der Waals surface area contributed by atoms with Crippen LogP contribution in [0.5, 0.6) is 0 Å². The van der Waals surface area contributed by atoms with Gasteiger partial charge in [0.05, 0.1) is 172 Å². The fraction of sp³-hybridized carbons (Fsp3) is 0.773. The number of rotatable bonds is 54. The fourth-order valence-electron chi connectivity index (χ4n) is 10.6. The molecule has 0 N–H and O–H groups in total. The summed E-state index contributed by atoms with van der Waals surface area (Å²) in [6.07, 6.45) is -3.95. The minimum atomic E-state index is -1.83. The molecule has 26 nitrogen and oxygen atoms in total. The summed E-state index contributed by atoms with van der Waals surface area (Å²) in [7, 11) is 2.21. The Hall–Kier alpha value is -3.71. The van der Waals surface area contributed by atoms with Gasteiger partial charge < -0.3 is 71.2 Å². The van der Waals surface area contributed by atoms with Crippen LogP contribution in [0.15, 0.2) is 60.7 Å². The van der Waals surface area contributed by atoms with E-state index >= 15 is 0 Å². The quantitative estimate of drug-likeness (QED) is 0.0247. The number of hydrogen-bond donors (Lipinski definition) is 0. The van der Waals surface area contributed by atoms with Gasteiger partial charge in [-0.3, -0.25) is 0 Å². The number of nitrogens with zero attached hydrogens (tertiary/aromatic N) is 1. The first-order valence-corrected chi connectivity index (χ1v) is 34.5. The third-order valence-corrected chi connectivity index (χ3v) is 17.3. The van der Waals surface area contributed by atoms with Gasteiger partial charge in [0.25, 0.3) is 0 Å². The van der Waals surface area contributed by atoms with Crippen LogP contribution in [0.3, 0.4) is 0 Å². The molecule has 3 aliphatic heterocycles. The molecule has 95 heavy (non-hydrogen) atoms. The van der Waals surface area contributed by atoms with Gasteiger partial charge in [0.1, 0.15) is 6.61 Å². The zero-order chi connectivity index (χ0) is 68.2. The summed E-state index contributed by atoms with van der Waals surface area (Å²) < 4.78 is 134. The van der Waals surface area contributed by atoms with Crippen LogP contribution in [0.1, 0.15) is 72.4 Å². The van der Waals surface area contributed by atoms with Crippen molar-refractivity contribution in [2.24, 2.45) is 17.8 Å². The molecular weight excluding hydrogens is 1260 g/mol. The Morgan fingerprint density at radius 1 is 0.632 bits per heavy atom. The number of ether oxygens (including phenoxy) is 21. The SMILES string of the molecule is CC[C@H](C)C1O[C@H](O[C@H]2C([C@H]3COC(C)(C)O3)O[C@@](OCCOCCOCCOCCOCCOCCOCCOCCOCCOCCOCCOCCOCCN(Cc3ccccc3)C(=O)OCc3ccccc3)(C(=O)OC)C[C@H]2C)C(OC(C)=O)[C@@H](C)[C@@H]1P[B]B=O. The van der Waals surface area contributed by atoms with E-state index in [2.05, 4.69) is 13.8 Å². The van der Waals surface area contributed by atoms with E-state index in [9.17, 15) is 19.1 Å². The van der Waals surface area contributed by atoms with E-state index in [1.807, 2.05) is 74.5 Å². The van der Waals surface area contributed by atoms with Crippen molar-refractivity contribution in [2.75, 3.05) is 185 Å². The molecule has 3 fully saturated rings. The van der Waals surface area contributed by atoms with Gasteiger partial charge in [-0.2, -0.15) is 0 Å². The van der Waals surface area contributed by atoms with Crippen LogP contribution in [-0.4, -0.2) is 276 Å². The Labute approximate surface area is 565 Å². The van der Waals surface area contributed by atoms with Gasteiger partial charge in [-0.25, -0.2) is 9.59 Å². The monoisotopic (exact) mass is 1370 g/mol. The fourth-order valence-corrected chi connectivity index (χ4v) is 12.0. The van der Waals surface area contributed by atoms with Crippen LogP contribution in [0, 0.1) is 17.8 Å². The molecule has 3 saturated heterocycles. The minimum absolute atomic E-state index is 0.00635. The molecule has 2 aromatic carbocycles. The number of hydrogen-bond acceptors (Lipinski definition) is 25. The van der Waals surface area contributed by atoms with Gasteiger partial charge >= 0.3 is 209 Å². The number of methoxy groups -OCH3 is 1. The average Bonchev–Trinajstić information content (AvgIpc) is 1.65. The van der Waals surface area contributed by atoms with Crippen LogP contribution >= 0.6 is 8.46 Å². The summed E-state index contributed by atoms with van der Waals surface area (Å²) in [4.78, 5) is 40.7. The second kappa shape index (κ2) is 48.9. The molecule has 3 aliphatic rings. The second-order valence-electron chi connectivity index (χ2n) is 23.4. The van der Waals surface area contributed by atoms with Crippen molar-refractivity contribution in [3.8, 4) is 0 Å². The molecule has 4 unspecified atom stereocenters. The normalized spacial score (nSPS) is 23.7. The Morgan fingerprint density at radius 2 is 1.08 bits per heavy atom. The van der Waals surface area contributed by atoms with E-state index in [1.54, 1.807) is 25.6 Å². The summed E-state index contributed by atoms with van der Waals surface area (Å²) in [6.45, 7) is 25.4. The first kappa shape index (κ1) is 82.0. The third-order valence-electron chi connectivity index (χ3n) is 15.7. The Bertz CT molecular complexity index is 2330. The zero-order valence-electron chi connectivity index (χ0n) is 57.3. The molecule has 0 aliphatic carbocycles. The van der Waals surface area contributed by atoms with Gasteiger partial charge in [0.2, 0.25) is 0 Å². The maximum atomic E-state index is 13.7. The van der Waals surface area contributed by atoms with Crippen molar-refractivity contribution in [3.05, 3.63) is 71.8 Å². The molecule has 12 atom stereocenters. The van der Waals surface area contributed by atoms with E-state index in [-0.39, 0.29) is 71.5 Å². The molecule has 0 saturated carbocycles. The second-order valence-corrected chi connectivity index (χ2v) is 24.7. The van der Waals surface area contributed by atoms with Crippen LogP contribution in [0.25, 0.3) is 0 Å². The van der Waals surface area contributed by atoms with Crippen LogP contribution < -0.4 is 0 Å². The summed E-state index contributed by atoms with van der Waals surface area (Å²) >= 11 is 0. The number of amides is 1. The summed E-state index contributed by atoms with van der Waals surface area (Å²) in [5, 5.41) is 0. The summed E-state index contributed by atoms with van der Waals surface area (Å²) in [5.74, 6) is -4.52. The number of esters is 2. The molecular formula is C66H107B2NO25P. The van der Waals surface area contributed by atoms with E-state index < -0.39 is 66.2 Å². The van der Waals surface area contributed by atoms with E-state index in [1.165, 1.54) is 14.0 Å². The standard InChI is InChI=1S/C66H107B2NO25P/c1-9-50(2)58-61(95-68-67-73)52(4)59(90-53(5)70)62(92-58)91-57-51(3)46-66(63(71)74-8,94-60(57)56-49-89-65(6,7)93-56)88-45-44-86-43-42-85-41-40-84-39-38-83-37-36-82-35-34-81-33-32-80-31-30-79-29-28-78-27-26-77-25-24-76-23-22-75-21-20-69(47-54-16-12-10-13-17-54)64(72)87-48-55-18-14-11-15-19-55/h10-19,50-52,56-62,95H,9,20-49H2,1-8H3/t50-,51+,52+,56+,57+,58?,59?,60?,61-,62-,66+/m0/s1. The van der Waals surface area contributed by atoms with Gasteiger partial charge in [0, 0.05) is 13.1 Å². The van der Waals surface area contributed by atoms with Crippen LogP contribution in [0.4, 0.5) is 4.79 Å². The van der Waals surface area contributed by atoms with Crippen LogP contribution in [0.2, 0.25) is 0 Å². The third kappa shape index (κ3) is 32.4.